The lowest BCUT2D eigenvalue weighted by molar-refractivity contribution is -0.143. The third-order valence-corrected chi connectivity index (χ3v) is 15.1. The van der Waals surface area contributed by atoms with Gasteiger partial charge in [0.25, 0.3) is 5.91 Å². The first-order valence-electron chi connectivity index (χ1n) is 24.3. The average Bonchev–Trinajstić information content (AvgIpc) is 3.99. The first-order valence-corrected chi connectivity index (χ1v) is 24.3. The Morgan fingerprint density at radius 2 is 1.40 bits per heavy atom. The van der Waals surface area contributed by atoms with Crippen molar-refractivity contribution in [2.45, 2.75) is 97.1 Å². The number of nitrogens with zero attached hydrogens (tertiary/aromatic N) is 10. The fraction of sp³-hybridized carbons (Fsp3) is 0.540. The normalized spacial score (nSPS) is 21.8. The number of ether oxygens (including phenoxy) is 1. The molecule has 2 aromatic heterocycles. The van der Waals surface area contributed by atoms with Gasteiger partial charge in [0.1, 0.15) is 17.3 Å². The summed E-state index contributed by atoms with van der Waals surface area (Å²) >= 11 is 0. The number of amides is 3. The summed E-state index contributed by atoms with van der Waals surface area (Å²) < 4.78 is 5.62. The van der Waals surface area contributed by atoms with E-state index in [0.717, 1.165) is 99.7 Å². The van der Waals surface area contributed by atoms with Crippen molar-refractivity contribution in [3.05, 3.63) is 81.8 Å². The van der Waals surface area contributed by atoms with Crippen LogP contribution in [0.1, 0.15) is 102 Å². The molecule has 0 atom stereocenters. The topological polar surface area (TPSA) is 198 Å². The number of likely N-dealkylation sites (tertiary alicyclic amines) is 1. The van der Waals surface area contributed by atoms with Gasteiger partial charge in [0.05, 0.1) is 43.1 Å². The number of phenols is 2. The molecule has 4 fully saturated rings. The number of piperazine rings is 1. The maximum atomic E-state index is 14.1. The number of fused-ring (bicyclic) bond motifs is 2. The lowest BCUT2D eigenvalue weighted by Gasteiger charge is -2.43. The number of anilines is 2. The van der Waals surface area contributed by atoms with Crippen LogP contribution in [-0.2, 0) is 47.0 Å². The van der Waals surface area contributed by atoms with E-state index in [-0.39, 0.29) is 58.5 Å². The van der Waals surface area contributed by atoms with Crippen molar-refractivity contribution >= 4 is 29.5 Å². The summed E-state index contributed by atoms with van der Waals surface area (Å²) in [4.78, 5) is 72.7. The third kappa shape index (κ3) is 9.37. The van der Waals surface area contributed by atoms with Gasteiger partial charge in [-0.05, 0) is 85.9 Å². The molecule has 0 radical (unpaired) electrons. The van der Waals surface area contributed by atoms with Gasteiger partial charge in [0.15, 0.2) is 5.82 Å². The Morgan fingerprint density at radius 3 is 2.09 bits per heavy atom. The number of carbonyl (C=O) groups is 3. The first kappa shape index (κ1) is 44.9. The second-order valence-electron chi connectivity index (χ2n) is 19.7. The fourth-order valence-electron chi connectivity index (χ4n) is 11.2. The van der Waals surface area contributed by atoms with E-state index in [9.17, 15) is 24.6 Å². The SMILES string of the molecule is CC(C)c1cc(C(=O)N2Cc3ccc(CN4CCC(N5CCN(C(=O)C6CCC(C(=O)N7Cc8nc(-c9cnc(N)nc9)nc(N9CCOCC9)c8C7)CC6)CC5)CC4)cc3C2)c(O)cc1O. The van der Waals surface area contributed by atoms with E-state index < -0.39 is 0 Å². The fourth-order valence-corrected chi connectivity index (χ4v) is 11.2. The lowest BCUT2D eigenvalue weighted by atomic mass is 9.80. The van der Waals surface area contributed by atoms with Crippen molar-refractivity contribution in [1.29, 1.82) is 0 Å². The van der Waals surface area contributed by atoms with Gasteiger partial charge >= 0.3 is 0 Å². The molecule has 4 aromatic rings. The van der Waals surface area contributed by atoms with Crippen molar-refractivity contribution < 1.29 is 29.3 Å². The Bertz CT molecular complexity index is 2490. The molecule has 6 aliphatic rings. The number of hydrogen-bond donors (Lipinski definition) is 3. The lowest BCUT2D eigenvalue weighted by Crippen LogP contribution is -2.55. The summed E-state index contributed by atoms with van der Waals surface area (Å²) in [5.74, 6) is 1.37. The number of morpholine rings is 1. The molecule has 1 aliphatic carbocycles. The van der Waals surface area contributed by atoms with Crippen LogP contribution in [0.2, 0.25) is 0 Å². The highest BCUT2D eigenvalue weighted by Gasteiger charge is 2.39. The summed E-state index contributed by atoms with van der Waals surface area (Å²) in [5.41, 5.74) is 12.6. The Morgan fingerprint density at radius 1 is 0.731 bits per heavy atom. The molecule has 0 spiro atoms. The maximum Gasteiger partial charge on any atom is 0.258 e. The largest absolute Gasteiger partial charge is 0.508 e. The highest BCUT2D eigenvalue weighted by Crippen LogP contribution is 2.38. The van der Waals surface area contributed by atoms with Crippen molar-refractivity contribution in [1.82, 2.24) is 44.4 Å². The molecular weight excluding hydrogens is 851 g/mol. The minimum atomic E-state index is -0.233. The zero-order chi connectivity index (χ0) is 46.3. The number of rotatable bonds is 9. The summed E-state index contributed by atoms with van der Waals surface area (Å²) in [7, 11) is 0. The number of phenolic OH excluding ortho intramolecular Hbond substituents is 2. The first-order chi connectivity index (χ1) is 32.4. The predicted molar refractivity (Wildman–Crippen MR) is 251 cm³/mol. The number of hydrogen-bond acceptors (Lipinski definition) is 14. The van der Waals surface area contributed by atoms with Crippen LogP contribution in [0.3, 0.4) is 0 Å². The van der Waals surface area contributed by atoms with Crippen LogP contribution in [-0.4, -0.2) is 144 Å². The number of nitrogens with two attached hydrogens (primary N) is 1. The quantitative estimate of drug-likeness (QED) is 0.212. The minimum absolute atomic E-state index is 0.00269. The molecule has 3 amide bonds. The van der Waals surface area contributed by atoms with Crippen LogP contribution in [0.5, 0.6) is 11.5 Å². The number of carbonyl (C=O) groups excluding carboxylic acids is 3. The molecule has 17 nitrogen and oxygen atoms in total. The molecule has 2 aromatic carbocycles. The average molecular weight is 914 g/mol. The molecule has 3 saturated heterocycles. The molecule has 67 heavy (non-hydrogen) atoms. The smallest absolute Gasteiger partial charge is 0.258 e. The molecule has 354 valence electrons. The summed E-state index contributed by atoms with van der Waals surface area (Å²) in [6.45, 7) is 14.6. The van der Waals surface area contributed by atoms with E-state index in [1.54, 1.807) is 23.4 Å². The van der Waals surface area contributed by atoms with Gasteiger partial charge in [0.2, 0.25) is 17.8 Å². The van der Waals surface area contributed by atoms with Gasteiger partial charge < -0.3 is 40.3 Å². The van der Waals surface area contributed by atoms with E-state index in [1.807, 2.05) is 18.7 Å². The Kier molecular flexibility index (Phi) is 12.7. The zero-order valence-electron chi connectivity index (χ0n) is 38.8. The van der Waals surface area contributed by atoms with Gasteiger partial charge in [0, 0.05) is 101 Å². The van der Waals surface area contributed by atoms with Gasteiger partial charge in [-0.25, -0.2) is 19.9 Å². The molecule has 5 aliphatic heterocycles. The third-order valence-electron chi connectivity index (χ3n) is 15.1. The van der Waals surface area contributed by atoms with Crippen molar-refractivity contribution in [3.8, 4) is 22.9 Å². The van der Waals surface area contributed by atoms with Gasteiger partial charge in [-0.1, -0.05) is 32.0 Å². The standard InChI is InChI=1S/C50H63N11O6/c1-31(2)39-22-40(44(63)23-43(39)62)49(66)60-27-35-4-3-32(21-36(35)28-60)26-56-11-9-38(10-12-56)57-13-15-59(16-14-57)47(64)33-5-7-34(8-6-33)48(65)61-29-41-42(30-61)54-45(37-24-52-50(51)53-25-37)55-46(41)58-17-19-67-20-18-58/h3-4,21-25,31,33-34,38,62-63H,5-20,26-30H2,1-2H3,(H2,51,52,53). The van der Waals surface area contributed by atoms with Crippen LogP contribution in [0, 0.1) is 11.8 Å². The molecule has 17 heteroatoms. The number of aromatic nitrogens is 4. The summed E-state index contributed by atoms with van der Waals surface area (Å²) in [6.07, 6.45) is 8.35. The number of nitrogen functional groups attached to an aromatic ring is 1. The molecule has 4 N–H and O–H groups in total. The van der Waals surface area contributed by atoms with E-state index in [1.165, 1.54) is 11.6 Å². The highest BCUT2D eigenvalue weighted by atomic mass is 16.5. The Labute approximate surface area is 391 Å². The number of benzene rings is 2. The van der Waals surface area contributed by atoms with Gasteiger partial charge in [-0.15, -0.1) is 0 Å². The van der Waals surface area contributed by atoms with Crippen LogP contribution in [0.25, 0.3) is 11.4 Å². The molecule has 0 bridgehead atoms. The number of piperidine rings is 1. The molecular formula is C50H63N11O6. The zero-order valence-corrected chi connectivity index (χ0v) is 38.8. The van der Waals surface area contributed by atoms with Crippen molar-refractivity contribution in [2.75, 3.05) is 76.2 Å². The number of aromatic hydroxyl groups is 2. The summed E-state index contributed by atoms with van der Waals surface area (Å²) in [5, 5.41) is 20.8. The molecule has 7 heterocycles. The Hall–Kier alpha value is -5.91. The predicted octanol–water partition coefficient (Wildman–Crippen LogP) is 4.50. The van der Waals surface area contributed by atoms with Crippen LogP contribution in [0.4, 0.5) is 11.8 Å². The second-order valence-corrected chi connectivity index (χ2v) is 19.7. The van der Waals surface area contributed by atoms with Crippen LogP contribution in [0.15, 0.2) is 42.7 Å². The Balaban J connectivity index is 0.667. The van der Waals surface area contributed by atoms with Gasteiger partial charge in [-0.3, -0.25) is 24.2 Å². The van der Waals surface area contributed by atoms with Gasteiger partial charge in [-0.2, -0.15) is 0 Å². The maximum absolute atomic E-state index is 14.1. The van der Waals surface area contributed by atoms with Crippen molar-refractivity contribution in [2.24, 2.45) is 11.8 Å². The van der Waals surface area contributed by atoms with Crippen molar-refractivity contribution in [3.63, 3.8) is 0 Å². The van der Waals surface area contributed by atoms with Crippen LogP contribution >= 0.6 is 0 Å². The highest BCUT2D eigenvalue weighted by molar-refractivity contribution is 5.97. The van der Waals surface area contributed by atoms with Crippen LogP contribution < -0.4 is 10.6 Å². The molecule has 1 saturated carbocycles. The summed E-state index contributed by atoms with van der Waals surface area (Å²) in [6, 6.07) is 9.94. The minimum Gasteiger partial charge on any atom is -0.508 e. The van der Waals surface area contributed by atoms with E-state index in [4.69, 9.17) is 20.4 Å². The molecule has 10 rings (SSSR count). The second kappa shape index (κ2) is 19.0. The molecule has 0 unspecified atom stereocenters. The van der Waals surface area contributed by atoms with E-state index in [0.29, 0.717) is 88.3 Å². The monoisotopic (exact) mass is 913 g/mol. The van der Waals surface area contributed by atoms with E-state index in [2.05, 4.69) is 47.8 Å². The van der Waals surface area contributed by atoms with E-state index >= 15 is 0 Å².